The van der Waals surface area contributed by atoms with E-state index in [1.54, 1.807) is 23.1 Å². The molecule has 2 amide bonds. The number of benzene rings is 2. The number of alkyl halides is 3. The van der Waals surface area contributed by atoms with E-state index < -0.39 is 18.0 Å². The third kappa shape index (κ3) is 6.52. The van der Waals surface area contributed by atoms with E-state index in [2.05, 4.69) is 10.1 Å². The number of nitrogens with zero attached hydrogens (tertiary/aromatic N) is 1. The highest BCUT2D eigenvalue weighted by Gasteiger charge is 2.39. The van der Waals surface area contributed by atoms with Crippen molar-refractivity contribution in [2.24, 2.45) is 11.8 Å². The Labute approximate surface area is 220 Å². The zero-order valence-corrected chi connectivity index (χ0v) is 21.6. The molecule has 2 aliphatic rings. The Hall–Kier alpha value is -3.43. The fraction of sp³-hybridized carbons (Fsp3) is 0.500. The zero-order chi connectivity index (χ0) is 27.3. The van der Waals surface area contributed by atoms with Crippen molar-refractivity contribution in [1.29, 1.82) is 0 Å². The number of para-hydroxylation sites is 1. The molecule has 1 aliphatic heterocycles. The predicted molar refractivity (Wildman–Crippen MR) is 135 cm³/mol. The van der Waals surface area contributed by atoms with Crippen LogP contribution in [0.25, 0.3) is 0 Å². The third-order valence-electron chi connectivity index (χ3n) is 7.50. The Balaban J connectivity index is 1.53. The van der Waals surface area contributed by atoms with Crippen molar-refractivity contribution in [2.45, 2.75) is 50.9 Å². The summed E-state index contributed by atoms with van der Waals surface area (Å²) in [6.07, 6.45) is 0.871. The average Bonchev–Trinajstić information content (AvgIpc) is 2.92. The van der Waals surface area contributed by atoms with Gasteiger partial charge >= 0.3 is 6.36 Å². The van der Waals surface area contributed by atoms with Crippen LogP contribution in [0.15, 0.2) is 42.5 Å². The molecular formula is C28H33F3N2O5. The molecule has 1 aliphatic carbocycles. The topological polar surface area (TPSA) is 77.1 Å². The van der Waals surface area contributed by atoms with E-state index in [1.165, 1.54) is 32.4 Å². The van der Waals surface area contributed by atoms with E-state index in [0.29, 0.717) is 42.5 Å². The Bertz CT molecular complexity index is 1130. The van der Waals surface area contributed by atoms with Gasteiger partial charge < -0.3 is 24.4 Å². The molecule has 4 rings (SSSR count). The highest BCUT2D eigenvalue weighted by atomic mass is 19.4. The van der Waals surface area contributed by atoms with Gasteiger partial charge in [-0.3, -0.25) is 9.59 Å². The van der Waals surface area contributed by atoms with E-state index in [-0.39, 0.29) is 23.4 Å². The summed E-state index contributed by atoms with van der Waals surface area (Å²) in [4.78, 5) is 28.4. The number of nitrogens with one attached hydrogen (secondary N) is 1. The van der Waals surface area contributed by atoms with Crippen molar-refractivity contribution in [1.82, 2.24) is 10.2 Å². The number of ether oxygens (including phenoxy) is 3. The molecule has 0 spiro atoms. The summed E-state index contributed by atoms with van der Waals surface area (Å²) >= 11 is 0. The Kier molecular flexibility index (Phi) is 8.69. The lowest BCUT2D eigenvalue weighted by Gasteiger charge is -2.43. The molecule has 1 saturated heterocycles. The van der Waals surface area contributed by atoms with Crippen LogP contribution in [0.2, 0.25) is 0 Å². The van der Waals surface area contributed by atoms with Crippen molar-refractivity contribution in [3.63, 3.8) is 0 Å². The van der Waals surface area contributed by atoms with Crippen molar-refractivity contribution >= 4 is 11.8 Å². The first kappa shape index (κ1) is 27.6. The van der Waals surface area contributed by atoms with E-state index in [9.17, 15) is 22.8 Å². The number of carbonyl (C=O) groups excluding carboxylic acids is 2. The van der Waals surface area contributed by atoms with Crippen LogP contribution in [0.1, 0.15) is 59.2 Å². The number of carbonyl (C=O) groups is 2. The molecular weight excluding hydrogens is 501 g/mol. The van der Waals surface area contributed by atoms with Gasteiger partial charge in [0.25, 0.3) is 11.8 Å². The van der Waals surface area contributed by atoms with Gasteiger partial charge in [-0.2, -0.15) is 0 Å². The van der Waals surface area contributed by atoms with Gasteiger partial charge in [0.15, 0.2) is 11.5 Å². The van der Waals surface area contributed by atoms with Crippen LogP contribution in [0.3, 0.4) is 0 Å². The van der Waals surface area contributed by atoms with E-state index in [4.69, 9.17) is 9.47 Å². The standard InChI is InChI=1S/C28H33F3N2O5/c1-36-24-13-12-19(16-25(24)37-2)27(35)33-15-14-22(21(17-33)18-8-4-3-5-9-18)32-26(34)20-10-6-7-11-23(20)38-28(29,30)31/h6-7,10-13,16,18,21-22H,3-5,8-9,14-15,17H2,1-2H3,(H,32,34)/t21?,22-/m0/s1. The van der Waals surface area contributed by atoms with Gasteiger partial charge in [-0.15, -0.1) is 13.2 Å². The van der Waals surface area contributed by atoms with E-state index in [0.717, 1.165) is 38.2 Å². The van der Waals surface area contributed by atoms with Crippen molar-refractivity contribution in [2.75, 3.05) is 27.3 Å². The zero-order valence-electron chi connectivity index (χ0n) is 21.6. The summed E-state index contributed by atoms with van der Waals surface area (Å²) in [5.74, 6) is -0.0162. The van der Waals surface area contributed by atoms with Crippen LogP contribution in [-0.4, -0.2) is 56.4 Å². The number of hydrogen-bond donors (Lipinski definition) is 1. The Morgan fingerprint density at radius 3 is 2.32 bits per heavy atom. The van der Waals surface area contributed by atoms with Crippen LogP contribution in [0, 0.1) is 11.8 Å². The quantitative estimate of drug-likeness (QED) is 0.512. The van der Waals surface area contributed by atoms with Gasteiger partial charge in [-0.1, -0.05) is 44.2 Å². The van der Waals surface area contributed by atoms with Crippen LogP contribution >= 0.6 is 0 Å². The molecule has 1 saturated carbocycles. The van der Waals surface area contributed by atoms with Crippen LogP contribution in [0.4, 0.5) is 13.2 Å². The minimum absolute atomic E-state index is 0.0206. The minimum Gasteiger partial charge on any atom is -0.493 e. The number of likely N-dealkylation sites (tertiary alicyclic amines) is 1. The molecule has 7 nitrogen and oxygen atoms in total. The first-order valence-corrected chi connectivity index (χ1v) is 12.9. The lowest BCUT2D eigenvalue weighted by atomic mass is 9.74. The molecule has 0 aromatic heterocycles. The highest BCUT2D eigenvalue weighted by molar-refractivity contribution is 5.97. The van der Waals surface area contributed by atoms with Gasteiger partial charge in [-0.05, 0) is 48.6 Å². The highest BCUT2D eigenvalue weighted by Crippen LogP contribution is 2.36. The fourth-order valence-corrected chi connectivity index (χ4v) is 5.65. The molecule has 1 N–H and O–H groups in total. The molecule has 2 atom stereocenters. The summed E-state index contributed by atoms with van der Waals surface area (Å²) < 4.78 is 53.4. The number of halogens is 3. The smallest absolute Gasteiger partial charge is 0.493 e. The lowest BCUT2D eigenvalue weighted by molar-refractivity contribution is -0.274. The molecule has 206 valence electrons. The molecule has 1 unspecified atom stereocenters. The molecule has 38 heavy (non-hydrogen) atoms. The maximum Gasteiger partial charge on any atom is 0.573 e. The van der Waals surface area contributed by atoms with Gasteiger partial charge in [0.05, 0.1) is 19.8 Å². The Morgan fingerprint density at radius 2 is 1.63 bits per heavy atom. The molecule has 0 radical (unpaired) electrons. The number of piperidine rings is 1. The number of methoxy groups -OCH3 is 2. The molecule has 0 bridgehead atoms. The molecule has 10 heteroatoms. The lowest BCUT2D eigenvalue weighted by Crippen LogP contribution is -2.54. The largest absolute Gasteiger partial charge is 0.573 e. The number of amides is 2. The monoisotopic (exact) mass is 534 g/mol. The van der Waals surface area contributed by atoms with Crippen molar-refractivity contribution in [3.8, 4) is 17.2 Å². The van der Waals surface area contributed by atoms with E-state index >= 15 is 0 Å². The molecule has 2 aromatic rings. The molecule has 2 aromatic carbocycles. The summed E-state index contributed by atoms with van der Waals surface area (Å²) in [6, 6.07) is 10.1. The maximum atomic E-state index is 13.4. The second-order valence-corrected chi connectivity index (χ2v) is 9.80. The van der Waals surface area contributed by atoms with Gasteiger partial charge in [0.2, 0.25) is 0 Å². The Morgan fingerprint density at radius 1 is 0.921 bits per heavy atom. The average molecular weight is 535 g/mol. The van der Waals surface area contributed by atoms with Crippen LogP contribution < -0.4 is 19.5 Å². The van der Waals surface area contributed by atoms with Gasteiger partial charge in [0.1, 0.15) is 5.75 Å². The molecule has 2 fully saturated rings. The third-order valence-corrected chi connectivity index (χ3v) is 7.50. The van der Waals surface area contributed by atoms with E-state index in [1.807, 2.05) is 0 Å². The molecule has 1 heterocycles. The summed E-state index contributed by atoms with van der Waals surface area (Å²) in [5, 5.41) is 2.98. The van der Waals surface area contributed by atoms with Crippen molar-refractivity contribution in [3.05, 3.63) is 53.6 Å². The van der Waals surface area contributed by atoms with Crippen LogP contribution in [0.5, 0.6) is 17.2 Å². The van der Waals surface area contributed by atoms with Gasteiger partial charge in [-0.25, -0.2) is 0 Å². The fourth-order valence-electron chi connectivity index (χ4n) is 5.65. The predicted octanol–water partition coefficient (Wildman–Crippen LogP) is 5.44. The van der Waals surface area contributed by atoms with Crippen molar-refractivity contribution < 1.29 is 37.0 Å². The number of rotatable bonds is 7. The first-order valence-electron chi connectivity index (χ1n) is 12.9. The SMILES string of the molecule is COc1ccc(C(=O)N2CC[C@H](NC(=O)c3ccccc3OC(F)(F)F)C(C3CCCCC3)C2)cc1OC. The first-order chi connectivity index (χ1) is 18.2. The van der Waals surface area contributed by atoms with Crippen LogP contribution in [-0.2, 0) is 0 Å². The maximum absolute atomic E-state index is 13.4. The summed E-state index contributed by atoms with van der Waals surface area (Å²) in [7, 11) is 3.04. The summed E-state index contributed by atoms with van der Waals surface area (Å²) in [6.45, 7) is 0.853. The second-order valence-electron chi connectivity index (χ2n) is 9.80. The normalized spacial score (nSPS) is 20.5. The summed E-state index contributed by atoms with van der Waals surface area (Å²) in [5.41, 5.74) is 0.307. The second kappa shape index (κ2) is 12.0. The van der Waals surface area contributed by atoms with Gasteiger partial charge in [0, 0.05) is 24.7 Å². The minimum atomic E-state index is -4.91. The number of hydrogen-bond acceptors (Lipinski definition) is 5.